The Morgan fingerprint density at radius 3 is 2.60 bits per heavy atom. The Labute approximate surface area is 173 Å². The molecule has 9 heteroatoms. The average molecular weight is 409 g/mol. The molecular weight excluding hydrogens is 386 g/mol. The molecule has 3 heterocycles. The highest BCUT2D eigenvalue weighted by Gasteiger charge is 2.32. The van der Waals surface area contributed by atoms with Gasteiger partial charge >= 0.3 is 5.82 Å². The van der Waals surface area contributed by atoms with E-state index in [0.717, 1.165) is 11.1 Å². The predicted molar refractivity (Wildman–Crippen MR) is 109 cm³/mol. The maximum Gasteiger partial charge on any atom is 0.389 e. The van der Waals surface area contributed by atoms with Crippen LogP contribution in [-0.2, 0) is 9.59 Å². The van der Waals surface area contributed by atoms with Gasteiger partial charge in [0.15, 0.2) is 0 Å². The fourth-order valence-corrected chi connectivity index (χ4v) is 4.22. The number of amides is 2. The smallest absolute Gasteiger partial charge is 0.358 e. The molecule has 2 aromatic rings. The molecule has 0 aliphatic carbocycles. The maximum absolute atomic E-state index is 13.0. The average Bonchev–Trinajstić information content (AvgIpc) is 3.24. The predicted octanol–water partition coefficient (Wildman–Crippen LogP) is 2.92. The van der Waals surface area contributed by atoms with Gasteiger partial charge in [-0.25, -0.2) is 0 Å². The lowest BCUT2D eigenvalue weighted by Crippen LogP contribution is -2.41. The van der Waals surface area contributed by atoms with E-state index >= 15 is 0 Å². The maximum atomic E-state index is 13.0. The third kappa shape index (κ3) is 3.83. The number of likely N-dealkylation sites (tertiary alicyclic amines) is 1. The number of nitrogens with zero attached hydrogens (tertiary/aromatic N) is 5. The molecule has 4 rings (SSSR count). The van der Waals surface area contributed by atoms with Crippen LogP contribution in [0, 0.1) is 10.1 Å². The van der Waals surface area contributed by atoms with Crippen molar-refractivity contribution in [3.63, 3.8) is 0 Å². The molecule has 2 aliphatic heterocycles. The number of rotatable bonds is 4. The van der Waals surface area contributed by atoms with E-state index < -0.39 is 4.92 Å². The summed E-state index contributed by atoms with van der Waals surface area (Å²) in [5.41, 5.74) is 1.99. The van der Waals surface area contributed by atoms with E-state index in [1.54, 1.807) is 22.0 Å². The van der Waals surface area contributed by atoms with Crippen LogP contribution in [0.5, 0.6) is 0 Å². The molecule has 30 heavy (non-hydrogen) atoms. The van der Waals surface area contributed by atoms with Crippen LogP contribution in [0.3, 0.4) is 0 Å². The first-order valence-corrected chi connectivity index (χ1v) is 9.97. The number of fused-ring (bicyclic) bond motifs is 1. The number of carbonyl (C=O) groups is 2. The zero-order chi connectivity index (χ0) is 21.3. The van der Waals surface area contributed by atoms with Gasteiger partial charge in [0.2, 0.25) is 11.8 Å². The second-order valence-electron chi connectivity index (χ2n) is 7.61. The molecule has 9 nitrogen and oxygen atoms in total. The van der Waals surface area contributed by atoms with Crippen LogP contribution in [0.2, 0.25) is 0 Å². The van der Waals surface area contributed by atoms with Crippen molar-refractivity contribution < 1.29 is 14.5 Å². The fraction of sp³-hybridized carbons (Fsp3) is 0.381. The minimum absolute atomic E-state index is 0.00116. The van der Waals surface area contributed by atoms with E-state index in [0.29, 0.717) is 25.9 Å². The molecule has 0 unspecified atom stereocenters. The van der Waals surface area contributed by atoms with Gasteiger partial charge in [0.25, 0.3) is 0 Å². The first kappa shape index (κ1) is 19.8. The van der Waals surface area contributed by atoms with Crippen LogP contribution in [0.1, 0.15) is 49.4 Å². The van der Waals surface area contributed by atoms with Crippen molar-refractivity contribution in [1.29, 1.82) is 0 Å². The summed E-state index contributed by atoms with van der Waals surface area (Å²) < 4.78 is 1.62. The van der Waals surface area contributed by atoms with Crippen LogP contribution < -0.4 is 0 Å². The quantitative estimate of drug-likeness (QED) is 0.571. The van der Waals surface area contributed by atoms with E-state index in [2.05, 4.69) is 5.10 Å². The normalized spacial score (nSPS) is 18.9. The largest absolute Gasteiger partial charge is 0.389 e. The summed E-state index contributed by atoms with van der Waals surface area (Å²) in [6.07, 6.45) is 6.85. The van der Waals surface area contributed by atoms with E-state index in [-0.39, 0.29) is 36.1 Å². The molecule has 1 aromatic carbocycles. The van der Waals surface area contributed by atoms with E-state index in [1.165, 1.54) is 13.0 Å². The molecule has 2 amide bonds. The van der Waals surface area contributed by atoms with Crippen LogP contribution in [0.25, 0.3) is 6.08 Å². The Morgan fingerprint density at radius 1 is 1.20 bits per heavy atom. The van der Waals surface area contributed by atoms with Crippen LogP contribution in [-0.4, -0.2) is 49.4 Å². The Kier molecular flexibility index (Phi) is 5.35. The van der Waals surface area contributed by atoms with E-state index in [4.69, 9.17) is 0 Å². The van der Waals surface area contributed by atoms with Crippen molar-refractivity contribution in [3.05, 3.63) is 64.0 Å². The van der Waals surface area contributed by atoms with Gasteiger partial charge in [-0.3, -0.25) is 9.59 Å². The molecule has 1 saturated heterocycles. The van der Waals surface area contributed by atoms with E-state index in [1.807, 2.05) is 35.2 Å². The monoisotopic (exact) mass is 409 g/mol. The zero-order valence-corrected chi connectivity index (χ0v) is 16.7. The molecule has 0 bridgehead atoms. The second-order valence-corrected chi connectivity index (χ2v) is 7.61. The lowest BCUT2D eigenvalue weighted by atomic mass is 9.93. The van der Waals surface area contributed by atoms with Crippen molar-refractivity contribution >= 4 is 23.7 Å². The number of nitro groups is 1. The fourth-order valence-electron chi connectivity index (χ4n) is 4.22. The summed E-state index contributed by atoms with van der Waals surface area (Å²) in [5, 5.41) is 14.8. The number of benzene rings is 1. The molecule has 1 atom stereocenters. The standard InChI is InChI=1S/C21H23N5O4/c1-15(27)24-12-6-16-4-2-3-5-18(16)19(24)14-21(28)23-10-7-17(8-11-23)25-13-9-20(22-25)26(29)30/h2-6,9,12-13,17,19H,7-8,10-11,14H2,1H3/t19-/m1/s1. The second kappa shape index (κ2) is 8.10. The zero-order valence-electron chi connectivity index (χ0n) is 16.7. The lowest BCUT2D eigenvalue weighted by molar-refractivity contribution is -0.389. The van der Waals surface area contributed by atoms with Gasteiger partial charge in [0, 0.05) is 26.2 Å². The van der Waals surface area contributed by atoms with Gasteiger partial charge in [-0.15, -0.1) is 0 Å². The molecule has 0 radical (unpaired) electrons. The van der Waals surface area contributed by atoms with Crippen molar-refractivity contribution in [2.45, 2.75) is 38.3 Å². The van der Waals surface area contributed by atoms with Crippen molar-refractivity contribution in [2.75, 3.05) is 13.1 Å². The third-order valence-electron chi connectivity index (χ3n) is 5.81. The van der Waals surface area contributed by atoms with Crippen LogP contribution in [0.4, 0.5) is 5.82 Å². The Bertz CT molecular complexity index is 1010. The number of aromatic nitrogens is 2. The molecule has 0 saturated carbocycles. The van der Waals surface area contributed by atoms with Gasteiger partial charge in [-0.1, -0.05) is 24.3 Å². The van der Waals surface area contributed by atoms with Gasteiger partial charge in [0.1, 0.15) is 0 Å². The molecular formula is C21H23N5O4. The van der Waals surface area contributed by atoms with Crippen molar-refractivity contribution in [1.82, 2.24) is 19.6 Å². The highest BCUT2D eigenvalue weighted by atomic mass is 16.6. The van der Waals surface area contributed by atoms with Gasteiger partial charge in [-0.05, 0) is 35.0 Å². The molecule has 2 aliphatic rings. The number of carbonyl (C=O) groups excluding carboxylic acids is 2. The molecule has 156 valence electrons. The van der Waals surface area contributed by atoms with Crippen molar-refractivity contribution in [3.8, 4) is 0 Å². The van der Waals surface area contributed by atoms with Gasteiger partial charge in [-0.2, -0.15) is 4.68 Å². The van der Waals surface area contributed by atoms with Crippen LogP contribution >= 0.6 is 0 Å². The number of piperidine rings is 1. The first-order chi connectivity index (χ1) is 14.4. The van der Waals surface area contributed by atoms with Gasteiger partial charge in [0.05, 0.1) is 35.9 Å². The Balaban J connectivity index is 1.42. The summed E-state index contributed by atoms with van der Waals surface area (Å²) in [7, 11) is 0. The lowest BCUT2D eigenvalue weighted by Gasteiger charge is -2.36. The highest BCUT2D eigenvalue weighted by molar-refractivity contribution is 5.82. The number of hydrogen-bond acceptors (Lipinski definition) is 5. The molecule has 0 N–H and O–H groups in total. The van der Waals surface area contributed by atoms with Crippen LogP contribution in [0.15, 0.2) is 42.7 Å². The van der Waals surface area contributed by atoms with Crippen molar-refractivity contribution in [2.24, 2.45) is 0 Å². The first-order valence-electron chi connectivity index (χ1n) is 9.97. The Hall–Kier alpha value is -3.49. The van der Waals surface area contributed by atoms with E-state index in [9.17, 15) is 19.7 Å². The third-order valence-corrected chi connectivity index (χ3v) is 5.81. The number of hydrogen-bond donors (Lipinski definition) is 0. The van der Waals surface area contributed by atoms with Gasteiger partial charge < -0.3 is 19.9 Å². The summed E-state index contributed by atoms with van der Waals surface area (Å²) >= 11 is 0. The highest BCUT2D eigenvalue weighted by Crippen LogP contribution is 2.34. The minimum Gasteiger partial charge on any atom is -0.358 e. The summed E-state index contributed by atoms with van der Waals surface area (Å²) in [6, 6.07) is 8.91. The molecule has 1 aromatic heterocycles. The molecule has 0 spiro atoms. The Morgan fingerprint density at radius 2 is 1.93 bits per heavy atom. The summed E-state index contributed by atoms with van der Waals surface area (Å²) in [4.78, 5) is 38.9. The SMILES string of the molecule is CC(=O)N1C=Cc2ccccc2[C@H]1CC(=O)N1CCC(n2ccc([N+](=O)[O-])n2)CC1. The summed E-state index contributed by atoms with van der Waals surface area (Å²) in [5.74, 6) is -0.263. The molecule has 1 fully saturated rings. The minimum atomic E-state index is -0.508. The summed E-state index contributed by atoms with van der Waals surface area (Å²) in [6.45, 7) is 2.62. The topological polar surface area (TPSA) is 102 Å².